The Bertz CT molecular complexity index is 1080. The number of sulfonamides is 1. The summed E-state index contributed by atoms with van der Waals surface area (Å²) in [4.78, 5) is 12.9. The second-order valence-corrected chi connectivity index (χ2v) is 10.7. The molecule has 1 N–H and O–H groups in total. The Kier molecular flexibility index (Phi) is 6.69. The molecule has 0 radical (unpaired) electrons. The fourth-order valence-electron chi connectivity index (χ4n) is 2.82. The molecule has 0 aromatic heterocycles. The van der Waals surface area contributed by atoms with E-state index in [9.17, 15) is 26.0 Å². The first kappa shape index (κ1) is 22.8. The third-order valence-corrected chi connectivity index (χ3v) is 6.71. The zero-order chi connectivity index (χ0) is 22.0. The van der Waals surface area contributed by atoms with Crippen LogP contribution in [0.2, 0.25) is 0 Å². The minimum atomic E-state index is -3.81. The number of carbonyl (C=O) groups excluding carboxylic acids is 1. The first-order valence-corrected chi connectivity index (χ1v) is 12.4. The number of halogens is 1. The number of hydrogen-bond acceptors (Lipinski definition) is 5. The van der Waals surface area contributed by atoms with Crippen LogP contribution in [0, 0.1) is 5.82 Å². The van der Waals surface area contributed by atoms with Crippen LogP contribution in [-0.4, -0.2) is 41.3 Å². The number of rotatable bonds is 7. The summed E-state index contributed by atoms with van der Waals surface area (Å²) in [5.74, 6) is -1.08. The highest BCUT2D eigenvalue weighted by Gasteiger charge is 2.30. The quantitative estimate of drug-likeness (QED) is 0.709. The monoisotopic (exact) mass is 442 g/mol. The van der Waals surface area contributed by atoms with E-state index in [4.69, 9.17) is 0 Å². The number of hydrogen-bond donors (Lipinski definition) is 1. The molecular formula is C19H23FN2O5S2. The Morgan fingerprint density at radius 2 is 1.45 bits per heavy atom. The molecule has 1 amide bonds. The maximum Gasteiger partial charge on any atom is 0.244 e. The maximum atomic E-state index is 13.2. The summed E-state index contributed by atoms with van der Waals surface area (Å²) in [5.41, 5.74) is 0.826. The van der Waals surface area contributed by atoms with Crippen LogP contribution in [0.1, 0.15) is 25.5 Å². The van der Waals surface area contributed by atoms with Crippen molar-refractivity contribution >= 4 is 31.5 Å². The molecule has 0 spiro atoms. The highest BCUT2D eigenvalue weighted by atomic mass is 32.2. The third-order valence-electron chi connectivity index (χ3n) is 4.34. The van der Waals surface area contributed by atoms with Crippen LogP contribution in [0.3, 0.4) is 0 Å². The van der Waals surface area contributed by atoms with E-state index in [1.807, 2.05) is 0 Å². The second-order valence-electron chi connectivity index (χ2n) is 6.78. The topological polar surface area (TPSA) is 101 Å². The van der Waals surface area contributed by atoms with Crippen molar-refractivity contribution in [3.63, 3.8) is 0 Å². The van der Waals surface area contributed by atoms with E-state index in [2.05, 4.69) is 5.32 Å². The fraction of sp³-hybridized carbons (Fsp3) is 0.316. The lowest BCUT2D eigenvalue weighted by molar-refractivity contribution is -0.122. The highest BCUT2D eigenvalue weighted by Crippen LogP contribution is 2.22. The summed E-state index contributed by atoms with van der Waals surface area (Å²) >= 11 is 0. The fourth-order valence-corrected chi connectivity index (χ4v) is 4.62. The van der Waals surface area contributed by atoms with Gasteiger partial charge in [-0.1, -0.05) is 12.1 Å². The molecule has 2 rings (SSSR count). The summed E-state index contributed by atoms with van der Waals surface area (Å²) in [7, 11) is -7.14. The number of nitrogens with zero attached hydrogens (tertiary/aromatic N) is 1. The normalized spacial score (nSPS) is 14.1. The van der Waals surface area contributed by atoms with Crippen molar-refractivity contribution < 1.29 is 26.0 Å². The Morgan fingerprint density at radius 1 is 0.931 bits per heavy atom. The summed E-state index contributed by atoms with van der Waals surface area (Å²) in [6.45, 7) is 3.13. The van der Waals surface area contributed by atoms with Gasteiger partial charge in [0, 0.05) is 6.26 Å². The molecule has 0 bridgehead atoms. The van der Waals surface area contributed by atoms with E-state index in [1.54, 1.807) is 19.1 Å². The van der Waals surface area contributed by atoms with Gasteiger partial charge in [-0.05, 0) is 55.8 Å². The van der Waals surface area contributed by atoms with Gasteiger partial charge in [0.05, 0.1) is 22.9 Å². The maximum absolute atomic E-state index is 13.2. The summed E-state index contributed by atoms with van der Waals surface area (Å²) in [6, 6.07) is 9.27. The predicted octanol–water partition coefficient (Wildman–Crippen LogP) is 2.26. The van der Waals surface area contributed by atoms with Gasteiger partial charge in [-0.25, -0.2) is 21.2 Å². The van der Waals surface area contributed by atoms with Crippen molar-refractivity contribution in [2.24, 2.45) is 0 Å². The van der Waals surface area contributed by atoms with Crippen LogP contribution >= 0.6 is 0 Å². The lowest BCUT2D eigenvalue weighted by Gasteiger charge is -2.29. The number of amides is 1. The van der Waals surface area contributed by atoms with E-state index in [0.717, 1.165) is 28.9 Å². The van der Waals surface area contributed by atoms with Gasteiger partial charge in [0.2, 0.25) is 15.9 Å². The Morgan fingerprint density at radius 3 is 1.90 bits per heavy atom. The van der Waals surface area contributed by atoms with Crippen molar-refractivity contribution in [1.29, 1.82) is 0 Å². The van der Waals surface area contributed by atoms with Crippen LogP contribution in [0.4, 0.5) is 10.1 Å². The van der Waals surface area contributed by atoms with Gasteiger partial charge in [-0.3, -0.25) is 9.10 Å². The molecule has 158 valence electrons. The van der Waals surface area contributed by atoms with Gasteiger partial charge < -0.3 is 5.32 Å². The van der Waals surface area contributed by atoms with Gasteiger partial charge in [0.15, 0.2) is 9.84 Å². The molecule has 29 heavy (non-hydrogen) atoms. The third kappa shape index (κ3) is 5.77. The lowest BCUT2D eigenvalue weighted by Crippen LogP contribution is -2.48. The van der Waals surface area contributed by atoms with Gasteiger partial charge in [0.1, 0.15) is 11.9 Å². The molecule has 0 saturated heterocycles. The first-order valence-electron chi connectivity index (χ1n) is 8.66. The second kappa shape index (κ2) is 8.50. The van der Waals surface area contributed by atoms with Gasteiger partial charge in [0.25, 0.3) is 0 Å². The molecule has 0 heterocycles. The smallest absolute Gasteiger partial charge is 0.244 e. The lowest BCUT2D eigenvalue weighted by atomic mass is 10.1. The van der Waals surface area contributed by atoms with Crippen LogP contribution in [-0.2, 0) is 24.7 Å². The van der Waals surface area contributed by atoms with Gasteiger partial charge in [-0.2, -0.15) is 0 Å². The van der Waals surface area contributed by atoms with E-state index >= 15 is 0 Å². The molecule has 7 nitrogen and oxygen atoms in total. The van der Waals surface area contributed by atoms with E-state index in [0.29, 0.717) is 5.56 Å². The van der Waals surface area contributed by atoms with Crippen LogP contribution in [0.5, 0.6) is 0 Å². The highest BCUT2D eigenvalue weighted by molar-refractivity contribution is 7.92. The largest absolute Gasteiger partial charge is 0.348 e. The first-order chi connectivity index (χ1) is 13.3. The van der Waals surface area contributed by atoms with Crippen LogP contribution in [0.25, 0.3) is 0 Å². The van der Waals surface area contributed by atoms with Crippen molar-refractivity contribution in [2.45, 2.75) is 30.8 Å². The summed E-state index contributed by atoms with van der Waals surface area (Å²) < 4.78 is 61.7. The van der Waals surface area contributed by atoms with Crippen molar-refractivity contribution in [1.82, 2.24) is 5.32 Å². The molecule has 0 unspecified atom stereocenters. The molecule has 2 aromatic rings. The molecule has 0 aliphatic carbocycles. The zero-order valence-corrected chi connectivity index (χ0v) is 18.1. The van der Waals surface area contributed by atoms with E-state index < -0.39 is 43.7 Å². The Balaban J connectivity index is 2.22. The number of anilines is 1. The van der Waals surface area contributed by atoms with Gasteiger partial charge >= 0.3 is 0 Å². The molecule has 0 aliphatic rings. The average Bonchev–Trinajstić information content (AvgIpc) is 2.61. The zero-order valence-electron chi connectivity index (χ0n) is 16.5. The van der Waals surface area contributed by atoms with Crippen molar-refractivity contribution in [3.8, 4) is 0 Å². The molecule has 10 heteroatoms. The minimum absolute atomic E-state index is 0.160. The molecule has 0 aliphatic heterocycles. The molecule has 2 aromatic carbocycles. The van der Waals surface area contributed by atoms with Gasteiger partial charge in [-0.15, -0.1) is 0 Å². The number of carbonyl (C=O) groups is 1. The van der Waals surface area contributed by atoms with Crippen molar-refractivity contribution in [2.75, 3.05) is 16.8 Å². The van der Waals surface area contributed by atoms with Crippen LogP contribution in [0.15, 0.2) is 53.4 Å². The molecule has 0 fully saturated rings. The number of nitrogens with one attached hydrogen (secondary N) is 1. The molecule has 0 saturated carbocycles. The molecule has 2 atom stereocenters. The standard InChI is InChI=1S/C19H23FN2O5S2/c1-13(15-5-11-18(12-6-15)28(3,24)25)21-19(23)14(2)22(29(4,26)27)17-9-7-16(20)8-10-17/h5-14H,1-4H3,(H,21,23)/t13-,14-/m1/s1. The van der Waals surface area contributed by atoms with Crippen molar-refractivity contribution in [3.05, 3.63) is 59.9 Å². The number of benzene rings is 2. The SMILES string of the molecule is C[C@H](C(=O)N[C@H](C)c1ccc(S(C)(=O)=O)cc1)N(c1ccc(F)cc1)S(C)(=O)=O. The number of sulfone groups is 1. The summed E-state index contributed by atoms with van der Waals surface area (Å²) in [5, 5.41) is 2.72. The Labute approximate surface area is 170 Å². The van der Waals surface area contributed by atoms with E-state index in [1.165, 1.54) is 31.2 Å². The minimum Gasteiger partial charge on any atom is -0.348 e. The Hall–Kier alpha value is -2.46. The average molecular weight is 443 g/mol. The van der Waals surface area contributed by atoms with Crippen LogP contribution < -0.4 is 9.62 Å². The predicted molar refractivity (Wildman–Crippen MR) is 109 cm³/mol. The van der Waals surface area contributed by atoms with E-state index in [-0.39, 0.29) is 10.6 Å². The molecular weight excluding hydrogens is 419 g/mol. The summed E-state index contributed by atoms with van der Waals surface area (Å²) in [6.07, 6.45) is 2.07.